The van der Waals surface area contributed by atoms with E-state index in [4.69, 9.17) is 10.2 Å². The molecule has 0 unspecified atom stereocenters. The Kier molecular flexibility index (Phi) is 7.37. The lowest BCUT2D eigenvalue weighted by Gasteiger charge is -2.16. The van der Waals surface area contributed by atoms with Crippen molar-refractivity contribution >= 4 is 5.91 Å². The van der Waals surface area contributed by atoms with Crippen molar-refractivity contribution in [2.24, 2.45) is 0 Å². The monoisotopic (exact) mass is 204 g/mol. The fraction of sp³-hybridized carbons (Fsp3) is 0.889. The number of nitrogens with one attached hydrogen (secondary N) is 2. The molecule has 5 heteroatoms. The molecule has 0 heterocycles. The Hall–Kier alpha value is -0.650. The van der Waals surface area contributed by atoms with Gasteiger partial charge in [-0.3, -0.25) is 10.2 Å². The molecule has 0 spiro atoms. The van der Waals surface area contributed by atoms with E-state index in [1.54, 1.807) is 0 Å². The lowest BCUT2D eigenvalue weighted by Crippen LogP contribution is -2.44. The van der Waals surface area contributed by atoms with Crippen molar-refractivity contribution in [3.63, 3.8) is 0 Å². The van der Waals surface area contributed by atoms with Crippen LogP contribution in [0.25, 0.3) is 0 Å². The molecule has 0 radical (unpaired) electrons. The molecule has 0 saturated carbocycles. The van der Waals surface area contributed by atoms with E-state index in [-0.39, 0.29) is 18.4 Å². The number of hydrogen-bond donors (Lipinski definition) is 4. The molecule has 0 aliphatic rings. The Morgan fingerprint density at radius 3 is 2.36 bits per heavy atom. The zero-order valence-electron chi connectivity index (χ0n) is 8.79. The zero-order chi connectivity index (χ0) is 11.0. The van der Waals surface area contributed by atoms with Gasteiger partial charge in [0.2, 0.25) is 5.91 Å². The summed E-state index contributed by atoms with van der Waals surface area (Å²) in [5.74, 6) is -0.307. The van der Waals surface area contributed by atoms with Gasteiger partial charge in [0.25, 0.3) is 0 Å². The van der Waals surface area contributed by atoms with Crippen LogP contribution in [-0.2, 0) is 4.79 Å². The first-order valence-corrected chi connectivity index (χ1v) is 4.97. The third-order valence-corrected chi connectivity index (χ3v) is 2.03. The maximum Gasteiger partial charge on any atom is 0.236 e. The highest BCUT2D eigenvalue weighted by Crippen LogP contribution is 1.94. The van der Waals surface area contributed by atoms with Gasteiger partial charge in [-0.25, -0.2) is 5.43 Å². The summed E-state index contributed by atoms with van der Waals surface area (Å²) >= 11 is 0. The van der Waals surface area contributed by atoms with Gasteiger partial charge in [-0.1, -0.05) is 13.8 Å². The maximum atomic E-state index is 11.1. The number of amides is 1. The molecule has 0 aromatic rings. The van der Waals surface area contributed by atoms with Crippen molar-refractivity contribution in [1.82, 2.24) is 10.9 Å². The summed E-state index contributed by atoms with van der Waals surface area (Å²) in [5.41, 5.74) is 5.35. The van der Waals surface area contributed by atoms with Gasteiger partial charge in [-0.05, 0) is 12.8 Å². The fourth-order valence-corrected chi connectivity index (χ4v) is 1.00. The normalized spacial score (nSPS) is 12.9. The molecule has 0 aliphatic heterocycles. The molecule has 1 atom stereocenters. The number of carbonyl (C=O) groups is 1. The van der Waals surface area contributed by atoms with Crippen LogP contribution in [0.2, 0.25) is 0 Å². The smallest absolute Gasteiger partial charge is 0.236 e. The summed E-state index contributed by atoms with van der Waals surface area (Å²) in [6, 6.07) is 0.255. The molecule has 0 aliphatic carbocycles. The van der Waals surface area contributed by atoms with Crippen LogP contribution in [0.3, 0.4) is 0 Å². The van der Waals surface area contributed by atoms with Crippen LogP contribution in [0.1, 0.15) is 33.1 Å². The number of rotatable bonds is 7. The molecular formula is C9H20N2O3. The zero-order valence-corrected chi connectivity index (χ0v) is 8.79. The largest absolute Gasteiger partial charge is 0.394 e. The van der Waals surface area contributed by atoms with Gasteiger partial charge in [0.05, 0.1) is 19.1 Å². The Morgan fingerprint density at radius 2 is 1.93 bits per heavy atom. The van der Waals surface area contributed by atoms with Crippen molar-refractivity contribution in [1.29, 1.82) is 0 Å². The van der Waals surface area contributed by atoms with E-state index in [9.17, 15) is 4.79 Å². The minimum atomic E-state index is -0.974. The third kappa shape index (κ3) is 5.90. The highest BCUT2D eigenvalue weighted by molar-refractivity contribution is 5.75. The lowest BCUT2D eigenvalue weighted by molar-refractivity contribution is -0.124. The van der Waals surface area contributed by atoms with E-state index < -0.39 is 12.7 Å². The number of hydrazine groups is 1. The van der Waals surface area contributed by atoms with Crippen molar-refractivity contribution in [3.8, 4) is 0 Å². The number of aliphatic hydroxyl groups excluding tert-OH is 2. The molecule has 0 bridgehead atoms. The average molecular weight is 204 g/mol. The third-order valence-electron chi connectivity index (χ3n) is 2.03. The predicted molar refractivity (Wildman–Crippen MR) is 53.4 cm³/mol. The molecule has 0 saturated heterocycles. The number of hydrogen-bond acceptors (Lipinski definition) is 4. The number of aliphatic hydroxyl groups is 2. The Morgan fingerprint density at radius 1 is 1.36 bits per heavy atom. The molecule has 1 amide bonds. The summed E-state index contributed by atoms with van der Waals surface area (Å²) < 4.78 is 0. The van der Waals surface area contributed by atoms with Crippen LogP contribution in [0.5, 0.6) is 0 Å². The van der Waals surface area contributed by atoms with Crippen LogP contribution >= 0.6 is 0 Å². The van der Waals surface area contributed by atoms with Crippen LogP contribution in [0.15, 0.2) is 0 Å². The van der Waals surface area contributed by atoms with Crippen molar-refractivity contribution in [2.75, 3.05) is 6.61 Å². The average Bonchev–Trinajstić information content (AvgIpc) is 2.19. The SMILES string of the molecule is CCC(CC)NNC(=O)C[C@H](O)CO. The summed E-state index contributed by atoms with van der Waals surface area (Å²) in [6.45, 7) is 3.66. The second kappa shape index (κ2) is 7.73. The Balaban J connectivity index is 3.62. The van der Waals surface area contributed by atoms with Gasteiger partial charge >= 0.3 is 0 Å². The quantitative estimate of drug-likeness (QED) is 0.423. The van der Waals surface area contributed by atoms with Crippen LogP contribution in [0.4, 0.5) is 0 Å². The summed E-state index contributed by atoms with van der Waals surface area (Å²) in [6.07, 6.45) is 0.806. The van der Waals surface area contributed by atoms with Gasteiger partial charge in [-0.15, -0.1) is 0 Å². The maximum absolute atomic E-state index is 11.1. The minimum Gasteiger partial charge on any atom is -0.394 e. The van der Waals surface area contributed by atoms with Gasteiger partial charge in [0.1, 0.15) is 0 Å². The molecule has 84 valence electrons. The Bertz CT molecular complexity index is 160. The van der Waals surface area contributed by atoms with Gasteiger partial charge < -0.3 is 10.2 Å². The fourth-order valence-electron chi connectivity index (χ4n) is 1.00. The lowest BCUT2D eigenvalue weighted by atomic mass is 10.2. The topological polar surface area (TPSA) is 81.6 Å². The molecule has 0 fully saturated rings. The van der Waals surface area contributed by atoms with E-state index in [0.29, 0.717) is 0 Å². The Labute approximate surface area is 84.5 Å². The van der Waals surface area contributed by atoms with E-state index in [1.165, 1.54) is 0 Å². The van der Waals surface area contributed by atoms with Gasteiger partial charge in [0, 0.05) is 6.04 Å². The first-order valence-electron chi connectivity index (χ1n) is 4.97. The minimum absolute atomic E-state index is 0.0797. The van der Waals surface area contributed by atoms with E-state index in [1.807, 2.05) is 13.8 Å². The first kappa shape index (κ1) is 13.4. The molecule has 5 nitrogen and oxygen atoms in total. The molecular weight excluding hydrogens is 184 g/mol. The molecule has 0 rings (SSSR count). The van der Waals surface area contributed by atoms with Gasteiger partial charge in [-0.2, -0.15) is 0 Å². The van der Waals surface area contributed by atoms with E-state index in [2.05, 4.69) is 10.9 Å². The standard InChI is InChI=1S/C9H20N2O3/c1-3-7(4-2)10-11-9(14)5-8(13)6-12/h7-8,10,12-13H,3-6H2,1-2H3,(H,11,14)/t8-/m0/s1. The van der Waals surface area contributed by atoms with Gasteiger partial charge in [0.15, 0.2) is 0 Å². The summed E-state index contributed by atoms with van der Waals surface area (Å²) in [4.78, 5) is 11.1. The van der Waals surface area contributed by atoms with Crippen LogP contribution < -0.4 is 10.9 Å². The molecule has 14 heavy (non-hydrogen) atoms. The van der Waals surface area contributed by atoms with Crippen molar-refractivity contribution < 1.29 is 15.0 Å². The van der Waals surface area contributed by atoms with Crippen LogP contribution in [0, 0.1) is 0 Å². The highest BCUT2D eigenvalue weighted by atomic mass is 16.3. The second-order valence-electron chi connectivity index (χ2n) is 3.25. The molecule has 0 aromatic heterocycles. The number of carbonyl (C=O) groups excluding carboxylic acids is 1. The summed E-state index contributed by atoms with van der Waals surface area (Å²) in [5, 5.41) is 17.5. The van der Waals surface area contributed by atoms with E-state index >= 15 is 0 Å². The summed E-state index contributed by atoms with van der Waals surface area (Å²) in [7, 11) is 0. The van der Waals surface area contributed by atoms with Crippen LogP contribution in [-0.4, -0.2) is 34.9 Å². The second-order valence-corrected chi connectivity index (χ2v) is 3.25. The predicted octanol–water partition coefficient (Wildman–Crippen LogP) is -0.461. The van der Waals surface area contributed by atoms with E-state index in [0.717, 1.165) is 12.8 Å². The highest BCUT2D eigenvalue weighted by Gasteiger charge is 2.10. The van der Waals surface area contributed by atoms with Crippen molar-refractivity contribution in [3.05, 3.63) is 0 Å². The molecule has 0 aromatic carbocycles. The van der Waals surface area contributed by atoms with Crippen molar-refractivity contribution in [2.45, 2.75) is 45.3 Å². The first-order chi connectivity index (χ1) is 6.63. The molecule has 4 N–H and O–H groups in total.